The van der Waals surface area contributed by atoms with Gasteiger partial charge in [0, 0.05) is 11.3 Å². The Bertz CT molecular complexity index is 381. The Morgan fingerprint density at radius 3 is 2.35 bits per heavy atom. The summed E-state index contributed by atoms with van der Waals surface area (Å²) in [4.78, 5) is 11.1. The molecule has 0 aromatic heterocycles. The van der Waals surface area contributed by atoms with Crippen LogP contribution in [0.2, 0.25) is 0 Å². The molecule has 17 heavy (non-hydrogen) atoms. The maximum atomic E-state index is 11.1. The predicted molar refractivity (Wildman–Crippen MR) is 72.5 cm³/mol. The van der Waals surface area contributed by atoms with Crippen LogP contribution in [0.5, 0.6) is 0 Å². The third-order valence-electron chi connectivity index (χ3n) is 2.58. The van der Waals surface area contributed by atoms with E-state index in [-0.39, 0.29) is 0 Å². The second-order valence-electron chi connectivity index (χ2n) is 4.79. The van der Waals surface area contributed by atoms with E-state index in [1.54, 1.807) is 13.8 Å². The van der Waals surface area contributed by atoms with Crippen molar-refractivity contribution in [3.8, 4) is 0 Å². The summed E-state index contributed by atoms with van der Waals surface area (Å²) < 4.78 is -0.601. The van der Waals surface area contributed by atoms with Gasteiger partial charge < -0.3 is 5.11 Å². The summed E-state index contributed by atoms with van der Waals surface area (Å²) in [6.45, 7) is 6.13. The Hall–Kier alpha value is -1.00. The van der Waals surface area contributed by atoms with Gasteiger partial charge in [0.05, 0.1) is 0 Å². The van der Waals surface area contributed by atoms with Crippen LogP contribution in [-0.4, -0.2) is 21.9 Å². The molecule has 0 fully saturated rings. The van der Waals surface area contributed by atoms with E-state index in [0.29, 0.717) is 6.54 Å². The van der Waals surface area contributed by atoms with Crippen molar-refractivity contribution in [3.63, 3.8) is 0 Å². The number of aliphatic carboxylic acids is 1. The molecular formula is C13H19NO2S. The highest BCUT2D eigenvalue weighted by Crippen LogP contribution is 2.18. The largest absolute Gasteiger partial charge is 0.480 e. The second kappa shape index (κ2) is 5.56. The third kappa shape index (κ3) is 4.40. The van der Waals surface area contributed by atoms with Crippen molar-refractivity contribution in [2.75, 3.05) is 0 Å². The summed E-state index contributed by atoms with van der Waals surface area (Å²) in [7, 11) is 0. The third-order valence-corrected chi connectivity index (χ3v) is 2.84. The van der Waals surface area contributed by atoms with Crippen molar-refractivity contribution < 1.29 is 9.90 Å². The minimum Gasteiger partial charge on any atom is -0.480 e. The summed E-state index contributed by atoms with van der Waals surface area (Å²) in [5.74, 6) is -0.878. The zero-order chi connectivity index (χ0) is 13.1. The first-order valence-electron chi connectivity index (χ1n) is 5.55. The lowest BCUT2D eigenvalue weighted by atomic mass is 10.0. The molecule has 0 saturated carbocycles. The Balaban J connectivity index is 2.65. The van der Waals surface area contributed by atoms with Crippen LogP contribution < -0.4 is 5.32 Å². The van der Waals surface area contributed by atoms with Gasteiger partial charge in [0.1, 0.15) is 6.04 Å². The van der Waals surface area contributed by atoms with Gasteiger partial charge in [0.15, 0.2) is 0 Å². The fraction of sp³-hybridized carbons (Fsp3) is 0.462. The Morgan fingerprint density at radius 2 is 1.94 bits per heavy atom. The van der Waals surface area contributed by atoms with Crippen molar-refractivity contribution in [2.24, 2.45) is 0 Å². The average molecular weight is 253 g/mol. The second-order valence-corrected chi connectivity index (χ2v) is 5.94. The van der Waals surface area contributed by atoms with E-state index in [0.717, 1.165) is 5.56 Å². The van der Waals surface area contributed by atoms with Crippen molar-refractivity contribution in [2.45, 2.75) is 38.1 Å². The number of benzene rings is 1. The zero-order valence-electron chi connectivity index (χ0n) is 10.4. The monoisotopic (exact) mass is 253 g/mol. The minimum absolute atomic E-state index is 0.529. The lowest BCUT2D eigenvalue weighted by molar-refractivity contribution is -0.140. The molecule has 1 aromatic carbocycles. The van der Waals surface area contributed by atoms with Crippen molar-refractivity contribution in [3.05, 3.63) is 35.4 Å². The summed E-state index contributed by atoms with van der Waals surface area (Å²) in [6, 6.07) is 7.34. The molecule has 0 aliphatic rings. The highest BCUT2D eigenvalue weighted by Gasteiger charge is 2.31. The molecule has 0 amide bonds. The zero-order valence-corrected chi connectivity index (χ0v) is 11.3. The number of carbonyl (C=O) groups is 1. The quantitative estimate of drug-likeness (QED) is 0.705. The molecule has 1 aromatic rings. The average Bonchev–Trinajstić information content (AvgIpc) is 2.18. The smallest absolute Gasteiger partial charge is 0.322 e. The molecule has 2 N–H and O–H groups in total. The van der Waals surface area contributed by atoms with Gasteiger partial charge in [-0.25, -0.2) is 0 Å². The first kappa shape index (κ1) is 14.1. The standard InChI is InChI=1S/C13H19NO2S/c1-9-4-6-10(7-5-9)8-14-11(12(15)16)13(2,3)17/h4-7,11,14,17H,8H2,1-3H3,(H,15,16). The SMILES string of the molecule is Cc1ccc(CNC(C(=O)O)C(C)(C)S)cc1. The molecule has 1 atom stereocenters. The molecule has 0 heterocycles. The van der Waals surface area contributed by atoms with Crippen molar-refractivity contribution in [1.29, 1.82) is 0 Å². The van der Waals surface area contributed by atoms with Crippen LogP contribution in [0.4, 0.5) is 0 Å². The Labute approximate surface area is 108 Å². The van der Waals surface area contributed by atoms with Crippen LogP contribution in [0.15, 0.2) is 24.3 Å². The highest BCUT2D eigenvalue weighted by molar-refractivity contribution is 7.81. The van der Waals surface area contributed by atoms with Crippen LogP contribution in [0, 0.1) is 6.92 Å². The number of hydrogen-bond donors (Lipinski definition) is 3. The van der Waals surface area contributed by atoms with Gasteiger partial charge in [0.2, 0.25) is 0 Å². The summed E-state index contributed by atoms with van der Waals surface area (Å²) in [5, 5.41) is 12.1. The van der Waals surface area contributed by atoms with E-state index in [4.69, 9.17) is 5.11 Å². The summed E-state index contributed by atoms with van der Waals surface area (Å²) in [5.41, 5.74) is 2.26. The van der Waals surface area contributed by atoms with E-state index in [2.05, 4.69) is 17.9 Å². The fourth-order valence-electron chi connectivity index (χ4n) is 1.57. The van der Waals surface area contributed by atoms with Crippen LogP contribution in [-0.2, 0) is 11.3 Å². The number of nitrogens with one attached hydrogen (secondary N) is 1. The number of carboxylic acid groups (broad SMARTS) is 1. The topological polar surface area (TPSA) is 49.3 Å². The van der Waals surface area contributed by atoms with Crippen LogP contribution in [0.1, 0.15) is 25.0 Å². The molecular weight excluding hydrogens is 234 g/mol. The minimum atomic E-state index is -0.878. The molecule has 94 valence electrons. The van der Waals surface area contributed by atoms with Gasteiger partial charge in [0.25, 0.3) is 0 Å². The molecule has 4 heteroatoms. The van der Waals surface area contributed by atoms with Gasteiger partial charge in [-0.2, -0.15) is 12.6 Å². The molecule has 0 radical (unpaired) electrons. The Kier molecular flexibility index (Phi) is 4.60. The predicted octanol–water partition coefficient (Wildman–Crippen LogP) is 2.25. The molecule has 0 saturated heterocycles. The maximum Gasteiger partial charge on any atom is 0.322 e. The summed E-state index contributed by atoms with van der Waals surface area (Å²) in [6.07, 6.45) is 0. The van der Waals surface area contributed by atoms with Crippen molar-refractivity contribution in [1.82, 2.24) is 5.32 Å². The van der Waals surface area contributed by atoms with Crippen LogP contribution in [0.3, 0.4) is 0 Å². The number of thiol groups is 1. The lowest BCUT2D eigenvalue weighted by Crippen LogP contribution is -2.48. The maximum absolute atomic E-state index is 11.1. The summed E-state index contributed by atoms with van der Waals surface area (Å²) >= 11 is 4.31. The number of carboxylic acids is 1. The van der Waals surface area contributed by atoms with E-state index in [9.17, 15) is 4.79 Å². The molecule has 1 rings (SSSR count). The van der Waals surface area contributed by atoms with Gasteiger partial charge in [-0.15, -0.1) is 0 Å². The number of rotatable bonds is 5. The normalized spacial score (nSPS) is 13.4. The molecule has 1 unspecified atom stereocenters. The van der Waals surface area contributed by atoms with Gasteiger partial charge in [-0.05, 0) is 26.3 Å². The van der Waals surface area contributed by atoms with Gasteiger partial charge in [-0.3, -0.25) is 10.1 Å². The molecule has 0 aliphatic carbocycles. The first-order chi connectivity index (χ1) is 7.80. The van der Waals surface area contributed by atoms with Crippen molar-refractivity contribution >= 4 is 18.6 Å². The molecule has 0 spiro atoms. The molecule has 0 aliphatic heterocycles. The van der Waals surface area contributed by atoms with Crippen LogP contribution in [0.25, 0.3) is 0 Å². The number of hydrogen-bond acceptors (Lipinski definition) is 3. The van der Waals surface area contributed by atoms with E-state index < -0.39 is 16.8 Å². The first-order valence-corrected chi connectivity index (χ1v) is 5.99. The van der Waals surface area contributed by atoms with E-state index in [1.165, 1.54) is 5.56 Å². The Morgan fingerprint density at radius 1 is 1.41 bits per heavy atom. The fourth-order valence-corrected chi connectivity index (χ4v) is 1.77. The van der Waals surface area contributed by atoms with Crippen LogP contribution >= 0.6 is 12.6 Å². The molecule has 3 nitrogen and oxygen atoms in total. The number of aryl methyl sites for hydroxylation is 1. The molecule has 0 bridgehead atoms. The van der Waals surface area contributed by atoms with Gasteiger partial charge in [-0.1, -0.05) is 29.8 Å². The van der Waals surface area contributed by atoms with Gasteiger partial charge >= 0.3 is 5.97 Å². The van der Waals surface area contributed by atoms with E-state index in [1.807, 2.05) is 31.2 Å². The highest BCUT2D eigenvalue weighted by atomic mass is 32.1. The van der Waals surface area contributed by atoms with E-state index >= 15 is 0 Å². The lowest BCUT2D eigenvalue weighted by Gasteiger charge is -2.27.